The Morgan fingerprint density at radius 1 is 1.28 bits per heavy atom. The SMILES string of the molecule is Cc1ccc2c(c1)c1c(n2CC(C)(F)c2cccnc2)CCN(C)C1. The molecule has 3 aromatic rings. The van der Waals surface area contributed by atoms with Gasteiger partial charge in [-0.25, -0.2) is 4.39 Å². The van der Waals surface area contributed by atoms with Crippen molar-refractivity contribution in [1.29, 1.82) is 0 Å². The lowest BCUT2D eigenvalue weighted by Gasteiger charge is -2.27. The maximum atomic E-state index is 15.6. The molecular formula is C21H24FN3. The van der Waals surface area contributed by atoms with Crippen molar-refractivity contribution in [3.05, 3.63) is 65.1 Å². The van der Waals surface area contributed by atoms with Crippen molar-refractivity contribution in [3.63, 3.8) is 0 Å². The second kappa shape index (κ2) is 5.95. The molecule has 1 aliphatic rings. The van der Waals surface area contributed by atoms with Crippen LogP contribution in [-0.2, 0) is 25.2 Å². The minimum absolute atomic E-state index is 0.317. The number of hydrogen-bond donors (Lipinski definition) is 0. The third-order valence-electron chi connectivity index (χ3n) is 5.32. The highest BCUT2D eigenvalue weighted by Crippen LogP contribution is 2.35. The van der Waals surface area contributed by atoms with Gasteiger partial charge in [-0.1, -0.05) is 17.7 Å². The molecule has 1 atom stereocenters. The van der Waals surface area contributed by atoms with Crippen LogP contribution in [0.25, 0.3) is 10.9 Å². The summed E-state index contributed by atoms with van der Waals surface area (Å²) in [6.07, 6.45) is 4.28. The third-order valence-corrected chi connectivity index (χ3v) is 5.32. The third kappa shape index (κ3) is 2.85. The van der Waals surface area contributed by atoms with E-state index in [1.54, 1.807) is 25.4 Å². The zero-order chi connectivity index (χ0) is 17.6. The second-order valence-corrected chi connectivity index (χ2v) is 7.46. The monoisotopic (exact) mass is 337 g/mol. The first-order chi connectivity index (χ1) is 12.0. The number of halogens is 1. The lowest BCUT2D eigenvalue weighted by Crippen LogP contribution is -2.29. The first kappa shape index (κ1) is 16.3. The fraction of sp³-hybridized carbons (Fsp3) is 0.381. The summed E-state index contributed by atoms with van der Waals surface area (Å²) < 4.78 is 17.8. The highest BCUT2D eigenvalue weighted by atomic mass is 19.1. The maximum absolute atomic E-state index is 15.6. The fourth-order valence-electron chi connectivity index (χ4n) is 3.94. The molecule has 0 saturated carbocycles. The van der Waals surface area contributed by atoms with Gasteiger partial charge in [0.1, 0.15) is 0 Å². The normalized spacial score (nSPS) is 17.4. The van der Waals surface area contributed by atoms with Crippen LogP contribution in [0.4, 0.5) is 4.39 Å². The highest BCUT2D eigenvalue weighted by Gasteiger charge is 2.31. The van der Waals surface area contributed by atoms with E-state index in [4.69, 9.17) is 0 Å². The van der Waals surface area contributed by atoms with E-state index in [1.807, 2.05) is 6.07 Å². The Hall–Kier alpha value is -2.20. The number of pyridine rings is 1. The summed E-state index contributed by atoms with van der Waals surface area (Å²) in [6.45, 7) is 6.03. The van der Waals surface area contributed by atoms with Gasteiger partial charge in [-0.3, -0.25) is 4.98 Å². The molecule has 3 nitrogen and oxygen atoms in total. The van der Waals surface area contributed by atoms with Gasteiger partial charge in [0.2, 0.25) is 0 Å². The van der Waals surface area contributed by atoms with Crippen LogP contribution in [-0.4, -0.2) is 28.0 Å². The van der Waals surface area contributed by atoms with Gasteiger partial charge in [0.15, 0.2) is 5.67 Å². The van der Waals surface area contributed by atoms with Crippen molar-refractivity contribution < 1.29 is 4.39 Å². The number of alkyl halides is 1. The van der Waals surface area contributed by atoms with Crippen molar-refractivity contribution in [2.45, 2.75) is 39.0 Å². The van der Waals surface area contributed by atoms with Crippen molar-refractivity contribution >= 4 is 10.9 Å². The van der Waals surface area contributed by atoms with E-state index in [1.165, 1.54) is 22.2 Å². The summed E-state index contributed by atoms with van der Waals surface area (Å²) in [7, 11) is 2.15. The molecule has 0 N–H and O–H groups in total. The van der Waals surface area contributed by atoms with Gasteiger partial charge in [-0.05, 0) is 44.7 Å². The molecule has 0 fully saturated rings. The Morgan fingerprint density at radius 3 is 2.88 bits per heavy atom. The molecule has 0 radical (unpaired) electrons. The molecule has 0 bridgehead atoms. The Labute approximate surface area is 148 Å². The summed E-state index contributed by atoms with van der Waals surface area (Å²) in [5.74, 6) is 0. The summed E-state index contributed by atoms with van der Waals surface area (Å²) in [6, 6.07) is 10.1. The summed E-state index contributed by atoms with van der Waals surface area (Å²) in [4.78, 5) is 6.43. The molecule has 4 heteroatoms. The van der Waals surface area contributed by atoms with Gasteiger partial charge in [0.25, 0.3) is 0 Å². The van der Waals surface area contributed by atoms with E-state index < -0.39 is 5.67 Å². The van der Waals surface area contributed by atoms with E-state index in [-0.39, 0.29) is 0 Å². The van der Waals surface area contributed by atoms with Gasteiger partial charge < -0.3 is 9.47 Å². The van der Waals surface area contributed by atoms with Crippen LogP contribution in [0.2, 0.25) is 0 Å². The topological polar surface area (TPSA) is 21.1 Å². The van der Waals surface area contributed by atoms with Crippen LogP contribution in [0.15, 0.2) is 42.7 Å². The van der Waals surface area contributed by atoms with E-state index in [0.717, 1.165) is 25.0 Å². The average Bonchev–Trinajstić information content (AvgIpc) is 2.88. The minimum atomic E-state index is -1.46. The Kier molecular flexibility index (Phi) is 3.88. The number of nitrogens with zero attached hydrogens (tertiary/aromatic N) is 3. The molecule has 1 unspecified atom stereocenters. The molecule has 1 aromatic carbocycles. The van der Waals surface area contributed by atoms with Crippen molar-refractivity contribution in [2.75, 3.05) is 13.6 Å². The Morgan fingerprint density at radius 2 is 2.12 bits per heavy atom. The van der Waals surface area contributed by atoms with Crippen LogP contribution >= 0.6 is 0 Å². The van der Waals surface area contributed by atoms with Gasteiger partial charge in [0, 0.05) is 54.1 Å². The van der Waals surface area contributed by atoms with Crippen LogP contribution in [0.3, 0.4) is 0 Å². The number of aryl methyl sites for hydroxylation is 1. The molecule has 1 aliphatic heterocycles. The van der Waals surface area contributed by atoms with E-state index >= 15 is 4.39 Å². The van der Waals surface area contributed by atoms with Crippen LogP contribution < -0.4 is 0 Å². The molecule has 0 amide bonds. The maximum Gasteiger partial charge on any atom is 0.152 e. The van der Waals surface area contributed by atoms with Crippen molar-refractivity contribution in [3.8, 4) is 0 Å². The predicted octanol–water partition coefficient (Wildman–Crippen LogP) is 4.22. The molecule has 25 heavy (non-hydrogen) atoms. The molecule has 0 saturated heterocycles. The fourth-order valence-corrected chi connectivity index (χ4v) is 3.94. The summed E-state index contributed by atoms with van der Waals surface area (Å²) in [5.41, 5.74) is 4.20. The molecule has 0 spiro atoms. The van der Waals surface area contributed by atoms with Gasteiger partial charge in [0.05, 0.1) is 6.54 Å². The number of hydrogen-bond acceptors (Lipinski definition) is 2. The van der Waals surface area contributed by atoms with Gasteiger partial charge >= 0.3 is 0 Å². The van der Waals surface area contributed by atoms with Crippen LogP contribution in [0, 0.1) is 6.92 Å². The van der Waals surface area contributed by atoms with E-state index in [9.17, 15) is 0 Å². The lowest BCUT2D eigenvalue weighted by atomic mass is 9.99. The van der Waals surface area contributed by atoms with Gasteiger partial charge in [-0.15, -0.1) is 0 Å². The minimum Gasteiger partial charge on any atom is -0.341 e. The largest absolute Gasteiger partial charge is 0.341 e. The highest BCUT2D eigenvalue weighted by molar-refractivity contribution is 5.86. The standard InChI is InChI=1S/C21H24FN3/c1-15-6-7-19-17(11-15)18-13-24(3)10-8-20(18)25(19)14-21(2,22)16-5-4-9-23-12-16/h4-7,9,11-12H,8,10,13-14H2,1-3H3. The summed E-state index contributed by atoms with van der Waals surface area (Å²) in [5, 5.41) is 1.27. The lowest BCUT2D eigenvalue weighted by molar-refractivity contribution is 0.161. The number of fused-ring (bicyclic) bond motifs is 3. The average molecular weight is 337 g/mol. The zero-order valence-electron chi connectivity index (χ0n) is 15.1. The quantitative estimate of drug-likeness (QED) is 0.713. The van der Waals surface area contributed by atoms with Gasteiger partial charge in [-0.2, -0.15) is 0 Å². The first-order valence-electron chi connectivity index (χ1n) is 8.84. The molecule has 130 valence electrons. The number of aromatic nitrogens is 2. The smallest absolute Gasteiger partial charge is 0.152 e. The van der Waals surface area contributed by atoms with Crippen molar-refractivity contribution in [1.82, 2.24) is 14.5 Å². The zero-order valence-corrected chi connectivity index (χ0v) is 15.1. The Bertz CT molecular complexity index is 912. The molecule has 2 aromatic heterocycles. The number of likely N-dealkylation sites (N-methyl/N-ethyl adjacent to an activating group) is 1. The predicted molar refractivity (Wildman–Crippen MR) is 99.4 cm³/mol. The molecule has 3 heterocycles. The van der Waals surface area contributed by atoms with E-state index in [0.29, 0.717) is 12.1 Å². The van der Waals surface area contributed by atoms with Crippen LogP contribution in [0.5, 0.6) is 0 Å². The number of rotatable bonds is 3. The second-order valence-electron chi connectivity index (χ2n) is 7.46. The van der Waals surface area contributed by atoms with Crippen molar-refractivity contribution in [2.24, 2.45) is 0 Å². The molecule has 0 aliphatic carbocycles. The Balaban J connectivity index is 1.85. The first-order valence-corrected chi connectivity index (χ1v) is 8.84. The summed E-state index contributed by atoms with van der Waals surface area (Å²) >= 11 is 0. The van der Waals surface area contributed by atoms with Crippen LogP contribution in [0.1, 0.15) is 29.3 Å². The molecule has 4 rings (SSSR count). The van der Waals surface area contributed by atoms with E-state index in [2.05, 4.69) is 46.6 Å². The molecular weight excluding hydrogens is 313 g/mol. The number of benzene rings is 1.